The fourth-order valence-electron chi connectivity index (χ4n) is 7.31. The van der Waals surface area contributed by atoms with Gasteiger partial charge in [-0.2, -0.15) is 0 Å². The van der Waals surface area contributed by atoms with Gasteiger partial charge in [-0.3, -0.25) is 0 Å². The predicted octanol–water partition coefficient (Wildman–Crippen LogP) is 11.6. The van der Waals surface area contributed by atoms with Crippen LogP contribution in [0.4, 0.5) is 0 Å². The fourth-order valence-corrected chi connectivity index (χ4v) is 7.31. The summed E-state index contributed by atoms with van der Waals surface area (Å²) in [6, 6.07) is 53.1. The van der Waals surface area contributed by atoms with Gasteiger partial charge in [0.1, 0.15) is 11.9 Å². The topological polar surface area (TPSA) is 9.23 Å². The van der Waals surface area contributed by atoms with Crippen LogP contribution in [0.15, 0.2) is 170 Å². The van der Waals surface area contributed by atoms with E-state index in [4.69, 9.17) is 4.74 Å². The molecule has 9 rings (SSSR count). The van der Waals surface area contributed by atoms with Crippen LogP contribution in [0.25, 0.3) is 66.1 Å². The smallest absolute Gasteiger partial charge is 0.128 e. The molecule has 1 aliphatic carbocycles. The molecule has 1 nitrogen and oxygen atoms in total. The molecule has 0 aromatic heterocycles. The molecule has 1 aliphatic heterocycles. The maximum atomic E-state index is 6.23. The third-order valence-electron chi connectivity index (χ3n) is 9.39. The largest absolute Gasteiger partial charge is 0.485 e. The van der Waals surface area contributed by atoms with Crippen LogP contribution >= 0.6 is 0 Å². The highest BCUT2D eigenvalue weighted by Crippen LogP contribution is 2.46. The maximum absolute atomic E-state index is 6.23. The average molecular weight is 575 g/mol. The zero-order valence-corrected chi connectivity index (χ0v) is 24.7. The van der Waals surface area contributed by atoms with Crippen molar-refractivity contribution in [2.45, 2.75) is 12.0 Å². The van der Waals surface area contributed by atoms with Gasteiger partial charge < -0.3 is 4.74 Å². The van der Waals surface area contributed by atoms with Crippen molar-refractivity contribution < 1.29 is 4.74 Å². The van der Waals surface area contributed by atoms with Crippen molar-refractivity contribution in [1.29, 1.82) is 0 Å². The van der Waals surface area contributed by atoms with Crippen LogP contribution in [0.1, 0.15) is 11.5 Å². The van der Waals surface area contributed by atoms with Gasteiger partial charge in [-0.1, -0.05) is 140 Å². The van der Waals surface area contributed by atoms with Crippen LogP contribution in [0, 0.1) is 0 Å². The lowest BCUT2D eigenvalue weighted by atomic mass is 9.84. The zero-order chi connectivity index (χ0) is 29.7. The molecule has 45 heavy (non-hydrogen) atoms. The van der Waals surface area contributed by atoms with Gasteiger partial charge in [-0.25, -0.2) is 0 Å². The Morgan fingerprint density at radius 3 is 1.49 bits per heavy atom. The van der Waals surface area contributed by atoms with Gasteiger partial charge in [-0.15, -0.1) is 0 Å². The minimum atomic E-state index is 0.0937. The van der Waals surface area contributed by atoms with E-state index < -0.39 is 0 Å². The Morgan fingerprint density at radius 1 is 0.378 bits per heavy atom. The standard InChI is InChI=1S/C44H30O/c1-2-12-29(13-3-1)30-14-10-16-33(26-30)43-36-19-4-6-21-38(36)44(39-22-7-5-20-37(39)43)34-17-11-15-31(27-34)32-24-25-42-40(28-32)35-18-8-9-23-41(35)45-42/h1-28,35,41H. The highest BCUT2D eigenvalue weighted by Gasteiger charge is 2.32. The first-order chi connectivity index (χ1) is 22.3. The van der Waals surface area contributed by atoms with Crippen molar-refractivity contribution in [2.24, 2.45) is 0 Å². The summed E-state index contributed by atoms with van der Waals surface area (Å²) in [4.78, 5) is 0. The summed E-state index contributed by atoms with van der Waals surface area (Å²) in [5.74, 6) is 1.26. The van der Waals surface area contributed by atoms with Crippen molar-refractivity contribution in [1.82, 2.24) is 0 Å². The molecule has 0 saturated heterocycles. The second-order valence-electron chi connectivity index (χ2n) is 12.0. The van der Waals surface area contributed by atoms with E-state index in [1.165, 1.54) is 71.6 Å². The quantitative estimate of drug-likeness (QED) is 0.190. The molecular weight excluding hydrogens is 544 g/mol. The summed E-state index contributed by atoms with van der Waals surface area (Å²) in [6.45, 7) is 0. The lowest BCUT2D eigenvalue weighted by Crippen LogP contribution is -2.15. The molecule has 0 bridgehead atoms. The molecule has 2 aliphatic rings. The Hall–Kier alpha value is -5.66. The molecule has 0 saturated carbocycles. The van der Waals surface area contributed by atoms with Crippen molar-refractivity contribution in [3.8, 4) is 50.3 Å². The number of fused-ring (bicyclic) bond motifs is 5. The molecule has 1 heteroatoms. The molecule has 0 spiro atoms. The Labute approximate surface area is 263 Å². The minimum Gasteiger partial charge on any atom is -0.485 e. The number of hydrogen-bond donors (Lipinski definition) is 0. The molecule has 0 amide bonds. The van der Waals surface area contributed by atoms with Crippen molar-refractivity contribution in [2.75, 3.05) is 0 Å². The van der Waals surface area contributed by atoms with Crippen LogP contribution in [0.5, 0.6) is 5.75 Å². The number of allylic oxidation sites excluding steroid dienone is 2. The molecule has 7 aromatic carbocycles. The van der Waals surface area contributed by atoms with Crippen LogP contribution in [-0.4, -0.2) is 6.10 Å². The molecule has 1 heterocycles. The Balaban J connectivity index is 1.22. The predicted molar refractivity (Wildman–Crippen MR) is 189 cm³/mol. The van der Waals surface area contributed by atoms with Gasteiger partial charge in [0.05, 0.1) is 0 Å². The lowest BCUT2D eigenvalue weighted by molar-refractivity contribution is 0.269. The van der Waals surface area contributed by atoms with Crippen LogP contribution < -0.4 is 4.74 Å². The second-order valence-corrected chi connectivity index (χ2v) is 12.0. The summed E-state index contributed by atoms with van der Waals surface area (Å²) in [7, 11) is 0. The third-order valence-corrected chi connectivity index (χ3v) is 9.39. The minimum absolute atomic E-state index is 0.0937. The Kier molecular flexibility index (Phi) is 6.02. The van der Waals surface area contributed by atoms with E-state index in [1.54, 1.807) is 0 Å². The van der Waals surface area contributed by atoms with Crippen molar-refractivity contribution in [3.05, 3.63) is 175 Å². The van der Waals surface area contributed by atoms with Gasteiger partial charge in [0, 0.05) is 11.5 Å². The van der Waals surface area contributed by atoms with Crippen LogP contribution in [0.2, 0.25) is 0 Å². The second kappa shape index (κ2) is 10.5. The summed E-state index contributed by atoms with van der Waals surface area (Å²) in [5, 5.41) is 5.05. The van der Waals surface area contributed by atoms with Crippen LogP contribution in [0.3, 0.4) is 0 Å². The lowest BCUT2D eigenvalue weighted by Gasteiger charge is -2.18. The molecule has 7 aromatic rings. The Bertz CT molecular complexity index is 2250. The highest BCUT2D eigenvalue weighted by molar-refractivity contribution is 6.21. The van der Waals surface area contributed by atoms with E-state index >= 15 is 0 Å². The zero-order valence-electron chi connectivity index (χ0n) is 24.7. The third kappa shape index (κ3) is 4.31. The number of hydrogen-bond acceptors (Lipinski definition) is 1. The van der Waals surface area contributed by atoms with E-state index in [2.05, 4.69) is 170 Å². The van der Waals surface area contributed by atoms with Crippen LogP contribution in [-0.2, 0) is 0 Å². The number of rotatable bonds is 4. The monoisotopic (exact) mass is 574 g/mol. The molecule has 212 valence electrons. The van der Waals surface area contributed by atoms with E-state index in [9.17, 15) is 0 Å². The average Bonchev–Trinajstić information content (AvgIpc) is 3.49. The fraction of sp³-hybridized carbons (Fsp3) is 0.0455. The van der Waals surface area contributed by atoms with E-state index in [0.29, 0.717) is 0 Å². The van der Waals surface area contributed by atoms with E-state index in [0.717, 1.165) is 5.75 Å². The Morgan fingerprint density at radius 2 is 0.867 bits per heavy atom. The molecule has 2 atom stereocenters. The first-order valence-electron chi connectivity index (χ1n) is 15.7. The summed E-state index contributed by atoms with van der Waals surface area (Å²) < 4.78 is 6.23. The normalized spacial score (nSPS) is 16.4. The number of ether oxygens (including phenoxy) is 1. The maximum Gasteiger partial charge on any atom is 0.128 e. The van der Waals surface area contributed by atoms with E-state index in [-0.39, 0.29) is 12.0 Å². The molecule has 2 unspecified atom stereocenters. The van der Waals surface area contributed by atoms with Crippen molar-refractivity contribution >= 4 is 21.5 Å². The first-order valence-corrected chi connectivity index (χ1v) is 15.7. The molecule has 0 fully saturated rings. The highest BCUT2D eigenvalue weighted by atomic mass is 16.5. The van der Waals surface area contributed by atoms with Gasteiger partial charge in [0.2, 0.25) is 0 Å². The van der Waals surface area contributed by atoms with Gasteiger partial charge in [0.15, 0.2) is 0 Å². The van der Waals surface area contributed by atoms with Crippen molar-refractivity contribution in [3.63, 3.8) is 0 Å². The van der Waals surface area contributed by atoms with Gasteiger partial charge in [-0.05, 0) is 96.4 Å². The molecule has 0 radical (unpaired) electrons. The van der Waals surface area contributed by atoms with Gasteiger partial charge in [0.25, 0.3) is 0 Å². The summed E-state index contributed by atoms with van der Waals surface area (Å²) in [5.41, 5.74) is 11.1. The molecule has 0 N–H and O–H groups in total. The van der Waals surface area contributed by atoms with Gasteiger partial charge >= 0.3 is 0 Å². The number of benzene rings is 7. The summed E-state index contributed by atoms with van der Waals surface area (Å²) >= 11 is 0. The molecular formula is C44H30O. The SMILES string of the molecule is C1=CC2Oc3ccc(-c4cccc(-c5c6ccccc6c(-c6cccc(-c7ccccc7)c6)c6ccccc56)c4)cc3C2C=C1. The van der Waals surface area contributed by atoms with E-state index in [1.807, 2.05) is 0 Å². The first kappa shape index (κ1) is 25.8. The summed E-state index contributed by atoms with van der Waals surface area (Å²) in [6.07, 6.45) is 8.72.